The van der Waals surface area contributed by atoms with E-state index in [1.54, 1.807) is 12.1 Å². The summed E-state index contributed by atoms with van der Waals surface area (Å²) in [4.78, 5) is 19.9. The van der Waals surface area contributed by atoms with Crippen LogP contribution >= 0.6 is 0 Å². The average molecular weight is 518 g/mol. The summed E-state index contributed by atoms with van der Waals surface area (Å²) in [6, 6.07) is 8.72. The first-order valence-corrected chi connectivity index (χ1v) is 13.2. The quantitative estimate of drug-likeness (QED) is 0.455. The maximum absolute atomic E-state index is 14.4. The molecule has 4 rings (SSSR count). The highest BCUT2D eigenvalue weighted by Gasteiger charge is 2.36. The second-order valence-electron chi connectivity index (χ2n) is 9.87. The van der Waals surface area contributed by atoms with Crippen molar-refractivity contribution >= 4 is 21.7 Å². The first kappa shape index (κ1) is 25.6. The molecule has 36 heavy (non-hydrogen) atoms. The lowest BCUT2D eigenvalue weighted by atomic mass is 10.0. The van der Waals surface area contributed by atoms with Crippen LogP contribution in [0.2, 0.25) is 0 Å². The van der Waals surface area contributed by atoms with Crippen LogP contribution in [0, 0.1) is 11.7 Å². The number of rotatable bonds is 8. The third kappa shape index (κ3) is 5.51. The number of aromatic nitrogens is 3. The number of halogens is 1. The van der Waals surface area contributed by atoms with E-state index in [0.717, 1.165) is 12.8 Å². The summed E-state index contributed by atoms with van der Waals surface area (Å²) in [5.74, 6) is -0.294. The molecule has 1 aromatic carbocycles. The highest BCUT2D eigenvalue weighted by molar-refractivity contribution is 7.90. The summed E-state index contributed by atoms with van der Waals surface area (Å²) in [7, 11) is -4.15. The molecule has 1 aliphatic rings. The van der Waals surface area contributed by atoms with Crippen molar-refractivity contribution in [2.45, 2.75) is 51.1 Å². The molecule has 3 aromatic rings. The van der Waals surface area contributed by atoms with E-state index in [4.69, 9.17) is 9.72 Å². The van der Waals surface area contributed by atoms with Gasteiger partial charge >= 0.3 is 0 Å². The van der Waals surface area contributed by atoms with E-state index in [9.17, 15) is 17.6 Å². The van der Waals surface area contributed by atoms with Crippen LogP contribution in [0.4, 0.5) is 10.2 Å². The Hall–Kier alpha value is -3.47. The number of nitrogens with one attached hydrogen (secondary N) is 2. The molecule has 11 heteroatoms. The number of hydrogen-bond donors (Lipinski definition) is 2. The van der Waals surface area contributed by atoms with Crippen molar-refractivity contribution in [2.75, 3.05) is 18.1 Å². The van der Waals surface area contributed by atoms with Crippen LogP contribution in [0.5, 0.6) is 5.75 Å². The van der Waals surface area contributed by atoms with Gasteiger partial charge in [0, 0.05) is 25.1 Å². The standard InChI is InChI=1S/C25H30FN5O4S.H2/c1-16(2)15-35-19-13-17(12-18(26)14-19)21-7-6-20(23(28-21)31-11-5-9-25(31,3)4)24(32)30-36(33,34)22-8-10-27-29-22;/h6-8,10,12-14,16H,5,9,11,15H2,1-4H3,(H,27,29)(H,30,32);1H. The van der Waals surface area contributed by atoms with Gasteiger partial charge in [0.05, 0.1) is 24.1 Å². The normalized spacial score (nSPS) is 15.3. The Bertz CT molecular complexity index is 1360. The molecule has 1 aliphatic heterocycles. The second-order valence-corrected chi connectivity index (χ2v) is 11.5. The van der Waals surface area contributed by atoms with E-state index in [1.807, 2.05) is 32.6 Å². The predicted molar refractivity (Wildman–Crippen MR) is 136 cm³/mol. The molecule has 0 bridgehead atoms. The van der Waals surface area contributed by atoms with E-state index in [2.05, 4.69) is 14.9 Å². The molecule has 2 aromatic heterocycles. The molecular weight excluding hydrogens is 485 g/mol. The van der Waals surface area contributed by atoms with E-state index >= 15 is 0 Å². The van der Waals surface area contributed by atoms with Gasteiger partial charge in [0.15, 0.2) is 5.03 Å². The number of carbonyl (C=O) groups is 1. The lowest BCUT2D eigenvalue weighted by molar-refractivity contribution is 0.0981. The van der Waals surface area contributed by atoms with Gasteiger partial charge in [-0.2, -0.15) is 13.5 Å². The smallest absolute Gasteiger partial charge is 0.281 e. The summed E-state index contributed by atoms with van der Waals surface area (Å²) in [6.07, 6.45) is 3.05. The van der Waals surface area contributed by atoms with Gasteiger partial charge in [-0.05, 0) is 62.9 Å². The first-order valence-electron chi connectivity index (χ1n) is 11.8. The number of sulfonamides is 1. The van der Waals surface area contributed by atoms with Gasteiger partial charge in [0.25, 0.3) is 15.9 Å². The third-order valence-electron chi connectivity index (χ3n) is 6.02. The van der Waals surface area contributed by atoms with Crippen molar-refractivity contribution in [1.29, 1.82) is 0 Å². The van der Waals surface area contributed by atoms with Gasteiger partial charge in [-0.15, -0.1) is 0 Å². The number of nitrogens with zero attached hydrogens (tertiary/aromatic N) is 3. The number of hydrogen-bond acceptors (Lipinski definition) is 7. The topological polar surface area (TPSA) is 117 Å². The van der Waals surface area contributed by atoms with Gasteiger partial charge in [0.2, 0.25) is 0 Å². The number of benzene rings is 1. The van der Waals surface area contributed by atoms with Crippen LogP contribution < -0.4 is 14.4 Å². The fourth-order valence-corrected chi connectivity index (χ4v) is 5.05. The second kappa shape index (κ2) is 9.88. The molecule has 1 saturated heterocycles. The van der Waals surface area contributed by atoms with Gasteiger partial charge in [-0.25, -0.2) is 14.1 Å². The van der Waals surface area contributed by atoms with Gasteiger partial charge in [-0.3, -0.25) is 9.89 Å². The minimum atomic E-state index is -4.15. The maximum atomic E-state index is 14.4. The molecule has 0 unspecified atom stereocenters. The molecule has 2 N–H and O–H groups in total. The number of anilines is 1. The lowest BCUT2D eigenvalue weighted by Gasteiger charge is -2.34. The summed E-state index contributed by atoms with van der Waals surface area (Å²) < 4.78 is 47.5. The van der Waals surface area contributed by atoms with Crippen LogP contribution in [0.25, 0.3) is 11.3 Å². The molecule has 194 valence electrons. The Morgan fingerprint density at radius 1 is 1.28 bits per heavy atom. The van der Waals surface area contributed by atoms with Gasteiger partial charge in [-0.1, -0.05) is 13.8 Å². The average Bonchev–Trinajstić information content (AvgIpc) is 3.46. The number of aromatic amines is 1. The van der Waals surface area contributed by atoms with Crippen molar-refractivity contribution in [3.63, 3.8) is 0 Å². The Labute approximate surface area is 211 Å². The number of ether oxygens (including phenoxy) is 1. The Kier molecular flexibility index (Phi) is 7.03. The molecule has 1 fully saturated rings. The fourth-order valence-electron chi connectivity index (χ4n) is 4.17. The zero-order chi connectivity index (χ0) is 26.1. The molecule has 0 radical (unpaired) electrons. The molecule has 9 nitrogen and oxygen atoms in total. The molecule has 0 spiro atoms. The van der Waals surface area contributed by atoms with Crippen LogP contribution in [-0.4, -0.2) is 48.2 Å². The monoisotopic (exact) mass is 517 g/mol. The fraction of sp³-hybridized carbons (Fsp3) is 0.400. The largest absolute Gasteiger partial charge is 0.493 e. The highest BCUT2D eigenvalue weighted by Crippen LogP contribution is 2.36. The minimum Gasteiger partial charge on any atom is -0.493 e. The van der Waals surface area contributed by atoms with Crippen LogP contribution in [-0.2, 0) is 10.0 Å². The molecule has 0 atom stereocenters. The van der Waals surface area contributed by atoms with Crippen molar-refractivity contribution in [2.24, 2.45) is 5.92 Å². The predicted octanol–water partition coefficient (Wildman–Crippen LogP) is 4.39. The highest BCUT2D eigenvalue weighted by atomic mass is 32.2. The van der Waals surface area contributed by atoms with E-state index in [1.165, 1.54) is 30.5 Å². The van der Waals surface area contributed by atoms with E-state index < -0.39 is 21.7 Å². The first-order chi connectivity index (χ1) is 17.0. The summed E-state index contributed by atoms with van der Waals surface area (Å²) in [6.45, 7) is 9.16. The van der Waals surface area contributed by atoms with E-state index in [-0.39, 0.29) is 23.5 Å². The van der Waals surface area contributed by atoms with Crippen molar-refractivity contribution in [3.8, 4) is 17.0 Å². The number of pyridine rings is 1. The summed E-state index contributed by atoms with van der Waals surface area (Å²) in [5, 5.41) is 5.76. The molecule has 0 saturated carbocycles. The number of carbonyl (C=O) groups excluding carboxylic acids is 1. The molecular formula is C25H32FN5O4S. The van der Waals surface area contributed by atoms with Gasteiger partial charge < -0.3 is 9.64 Å². The number of H-pyrrole nitrogens is 1. The Morgan fingerprint density at radius 3 is 2.69 bits per heavy atom. The van der Waals surface area contributed by atoms with Crippen molar-refractivity contribution < 1.29 is 23.8 Å². The van der Waals surface area contributed by atoms with Crippen molar-refractivity contribution in [1.82, 2.24) is 19.9 Å². The number of amides is 1. The van der Waals surface area contributed by atoms with Crippen molar-refractivity contribution in [3.05, 3.63) is 54.0 Å². The minimum absolute atomic E-state index is 0. The summed E-state index contributed by atoms with van der Waals surface area (Å²) in [5.41, 5.74) is 0.722. The molecule has 3 heterocycles. The molecule has 0 aliphatic carbocycles. The third-order valence-corrected chi connectivity index (χ3v) is 7.28. The maximum Gasteiger partial charge on any atom is 0.281 e. The lowest BCUT2D eigenvalue weighted by Crippen LogP contribution is -2.41. The Morgan fingerprint density at radius 2 is 2.06 bits per heavy atom. The van der Waals surface area contributed by atoms with Crippen LogP contribution in [0.1, 0.15) is 52.3 Å². The molecule has 1 amide bonds. The van der Waals surface area contributed by atoms with Crippen LogP contribution in [0.15, 0.2) is 47.6 Å². The zero-order valence-electron chi connectivity index (χ0n) is 20.7. The SMILES string of the molecule is CC(C)COc1cc(F)cc(-c2ccc(C(=O)NS(=O)(=O)c3ccn[nH]3)c(N3CCCC3(C)C)n2)c1.[HH]. The van der Waals surface area contributed by atoms with Crippen LogP contribution in [0.3, 0.4) is 0 Å². The van der Waals surface area contributed by atoms with E-state index in [0.29, 0.717) is 36.0 Å². The zero-order valence-corrected chi connectivity index (χ0v) is 21.5. The van der Waals surface area contributed by atoms with Gasteiger partial charge in [0.1, 0.15) is 17.4 Å². The Balaban J connectivity index is 0.00000380. The summed E-state index contributed by atoms with van der Waals surface area (Å²) >= 11 is 0.